The molecule has 0 fully saturated rings. The second-order valence-corrected chi connectivity index (χ2v) is 3.60. The Morgan fingerprint density at radius 2 is 1.87 bits per heavy atom. The largest absolute Gasteiger partial charge is 0.466 e. The molecule has 0 aromatic heterocycles. The van der Waals surface area contributed by atoms with Gasteiger partial charge in [-0.1, -0.05) is 0 Å². The summed E-state index contributed by atoms with van der Waals surface area (Å²) in [6.45, 7) is 2.97. The summed E-state index contributed by atoms with van der Waals surface area (Å²) in [6.07, 6.45) is -5.64. The van der Waals surface area contributed by atoms with Gasteiger partial charge in [0.05, 0.1) is 12.0 Å². The molecule has 1 unspecified atom stereocenters. The number of carbonyl (C=O) groups is 1. The van der Waals surface area contributed by atoms with E-state index in [4.69, 9.17) is 5.73 Å². The van der Waals surface area contributed by atoms with Crippen molar-refractivity contribution in [3.8, 4) is 0 Å². The third kappa shape index (κ3) is 5.01. The third-order valence-corrected chi connectivity index (χ3v) is 2.18. The van der Waals surface area contributed by atoms with Gasteiger partial charge in [-0.15, -0.1) is 0 Å². The van der Waals surface area contributed by atoms with Gasteiger partial charge >= 0.3 is 12.1 Å². The van der Waals surface area contributed by atoms with Gasteiger partial charge in [0, 0.05) is 13.0 Å². The van der Waals surface area contributed by atoms with Crippen molar-refractivity contribution < 1.29 is 22.7 Å². The Labute approximate surface area is 86.8 Å². The van der Waals surface area contributed by atoms with Crippen LogP contribution in [0.25, 0.3) is 0 Å². The first-order valence-electron chi connectivity index (χ1n) is 4.69. The van der Waals surface area contributed by atoms with Gasteiger partial charge in [0.25, 0.3) is 0 Å². The molecule has 90 valence electrons. The van der Waals surface area contributed by atoms with E-state index in [0.717, 1.165) is 0 Å². The van der Waals surface area contributed by atoms with E-state index < -0.39 is 24.0 Å². The summed E-state index contributed by atoms with van der Waals surface area (Å²) in [4.78, 5) is 11.3. The Hall–Kier alpha value is -0.780. The molecule has 0 aromatic carbocycles. The van der Waals surface area contributed by atoms with Crippen LogP contribution in [-0.4, -0.2) is 25.3 Å². The quantitative estimate of drug-likeness (QED) is 0.729. The molecule has 0 aliphatic rings. The van der Waals surface area contributed by atoms with Gasteiger partial charge in [0.15, 0.2) is 0 Å². The van der Waals surface area contributed by atoms with Gasteiger partial charge in [0.2, 0.25) is 0 Å². The van der Waals surface area contributed by atoms with Gasteiger partial charge in [-0.3, -0.25) is 4.79 Å². The van der Waals surface area contributed by atoms with Crippen molar-refractivity contribution in [2.24, 2.45) is 11.1 Å². The zero-order valence-corrected chi connectivity index (χ0v) is 8.86. The molecule has 0 aromatic rings. The van der Waals surface area contributed by atoms with Crippen molar-refractivity contribution in [3.63, 3.8) is 0 Å². The van der Waals surface area contributed by atoms with Crippen LogP contribution in [0.15, 0.2) is 0 Å². The van der Waals surface area contributed by atoms with Crippen LogP contribution in [-0.2, 0) is 9.53 Å². The average Bonchev–Trinajstić information content (AvgIpc) is 2.13. The molecule has 3 nitrogen and oxygen atoms in total. The van der Waals surface area contributed by atoms with Gasteiger partial charge < -0.3 is 10.5 Å². The van der Waals surface area contributed by atoms with E-state index in [9.17, 15) is 18.0 Å². The number of halogens is 3. The zero-order valence-electron chi connectivity index (χ0n) is 8.86. The highest BCUT2D eigenvalue weighted by Gasteiger charge is 2.38. The first kappa shape index (κ1) is 14.2. The molecule has 0 radical (unpaired) electrons. The van der Waals surface area contributed by atoms with Crippen LogP contribution in [0.2, 0.25) is 0 Å². The minimum Gasteiger partial charge on any atom is -0.466 e. The minimum atomic E-state index is -4.27. The van der Waals surface area contributed by atoms with Crippen molar-refractivity contribution in [1.29, 1.82) is 0 Å². The average molecular weight is 227 g/mol. The highest BCUT2D eigenvalue weighted by atomic mass is 19.4. The molecule has 0 saturated carbocycles. The molecule has 6 heteroatoms. The predicted octanol–water partition coefficient (Wildman–Crippen LogP) is 1.86. The van der Waals surface area contributed by atoms with Crippen molar-refractivity contribution in [3.05, 3.63) is 0 Å². The number of nitrogens with two attached hydrogens (primary N) is 1. The lowest BCUT2D eigenvalue weighted by molar-refractivity contribution is -0.160. The van der Waals surface area contributed by atoms with Crippen LogP contribution in [0.1, 0.15) is 26.7 Å². The summed E-state index contributed by atoms with van der Waals surface area (Å²) in [5, 5.41) is 0. The summed E-state index contributed by atoms with van der Waals surface area (Å²) < 4.78 is 40.6. The Morgan fingerprint density at radius 3 is 2.20 bits per heavy atom. The molecule has 0 rings (SSSR count). The number of alkyl halides is 3. The van der Waals surface area contributed by atoms with Crippen LogP contribution < -0.4 is 5.73 Å². The molecule has 0 saturated heterocycles. The smallest absolute Gasteiger partial charge is 0.389 e. The Balaban J connectivity index is 4.37. The van der Waals surface area contributed by atoms with Gasteiger partial charge in [0.1, 0.15) is 0 Å². The maximum absolute atomic E-state index is 12.0. The Kier molecular flexibility index (Phi) is 5.07. The van der Waals surface area contributed by atoms with Crippen LogP contribution in [0, 0.1) is 5.41 Å². The lowest BCUT2D eigenvalue weighted by Gasteiger charge is -2.25. The van der Waals surface area contributed by atoms with E-state index in [1.165, 1.54) is 6.92 Å². The Bertz CT molecular complexity index is 218. The third-order valence-electron chi connectivity index (χ3n) is 2.18. The number of rotatable bonds is 5. The van der Waals surface area contributed by atoms with E-state index in [-0.39, 0.29) is 19.6 Å². The first-order valence-corrected chi connectivity index (χ1v) is 4.69. The molecule has 0 spiro atoms. The highest BCUT2D eigenvalue weighted by Crippen LogP contribution is 2.31. The van der Waals surface area contributed by atoms with E-state index in [2.05, 4.69) is 4.74 Å². The number of hydrogen-bond donors (Lipinski definition) is 1. The fourth-order valence-electron chi connectivity index (χ4n) is 1.01. The first-order chi connectivity index (χ1) is 6.75. The fourth-order valence-corrected chi connectivity index (χ4v) is 1.01. The van der Waals surface area contributed by atoms with Gasteiger partial charge in [-0.25, -0.2) is 0 Å². The maximum atomic E-state index is 12.0. The number of esters is 1. The molecular formula is C9H16F3NO2. The van der Waals surface area contributed by atoms with Crippen LogP contribution in [0.5, 0.6) is 0 Å². The molecule has 0 bridgehead atoms. The molecular weight excluding hydrogens is 211 g/mol. The fraction of sp³-hybridized carbons (Fsp3) is 0.889. The molecule has 1 atom stereocenters. The highest BCUT2D eigenvalue weighted by molar-refractivity contribution is 5.76. The lowest BCUT2D eigenvalue weighted by Crippen LogP contribution is -2.38. The number of ether oxygens (including phenoxy) is 1. The second-order valence-electron chi connectivity index (χ2n) is 3.60. The van der Waals surface area contributed by atoms with Crippen molar-refractivity contribution in [1.82, 2.24) is 0 Å². The van der Waals surface area contributed by atoms with Crippen LogP contribution >= 0.6 is 0 Å². The standard InChI is InChI=1S/C9H16F3NO2/c1-3-15-7(14)8(2,6-13)4-5-9(10,11)12/h3-6,13H2,1-2H3. The Morgan fingerprint density at radius 1 is 1.33 bits per heavy atom. The summed E-state index contributed by atoms with van der Waals surface area (Å²) in [7, 11) is 0. The van der Waals surface area contributed by atoms with Crippen LogP contribution in [0.3, 0.4) is 0 Å². The lowest BCUT2D eigenvalue weighted by atomic mass is 9.85. The molecule has 0 aliphatic heterocycles. The molecule has 2 N–H and O–H groups in total. The van der Waals surface area contributed by atoms with E-state index in [1.807, 2.05) is 0 Å². The molecule has 0 aliphatic carbocycles. The monoisotopic (exact) mass is 227 g/mol. The molecule has 15 heavy (non-hydrogen) atoms. The predicted molar refractivity (Wildman–Crippen MR) is 49.1 cm³/mol. The number of carbonyl (C=O) groups excluding carboxylic acids is 1. The topological polar surface area (TPSA) is 52.3 Å². The van der Waals surface area contributed by atoms with Crippen molar-refractivity contribution in [2.75, 3.05) is 13.2 Å². The van der Waals surface area contributed by atoms with Crippen molar-refractivity contribution >= 4 is 5.97 Å². The normalized spacial score (nSPS) is 15.9. The van der Waals surface area contributed by atoms with Gasteiger partial charge in [-0.2, -0.15) is 13.2 Å². The SMILES string of the molecule is CCOC(=O)C(C)(CN)CCC(F)(F)F. The summed E-state index contributed by atoms with van der Waals surface area (Å²) in [5.74, 6) is -0.670. The minimum absolute atomic E-state index is 0.139. The molecule has 0 heterocycles. The summed E-state index contributed by atoms with van der Waals surface area (Å²) in [6, 6.07) is 0. The summed E-state index contributed by atoms with van der Waals surface area (Å²) in [5.41, 5.74) is 4.05. The van der Waals surface area contributed by atoms with E-state index in [0.29, 0.717) is 0 Å². The zero-order chi connectivity index (χ0) is 12.1. The maximum Gasteiger partial charge on any atom is 0.389 e. The number of hydrogen-bond acceptors (Lipinski definition) is 3. The van der Waals surface area contributed by atoms with Gasteiger partial charge in [-0.05, 0) is 20.3 Å². The summed E-state index contributed by atoms with van der Waals surface area (Å²) >= 11 is 0. The van der Waals surface area contributed by atoms with E-state index >= 15 is 0 Å². The van der Waals surface area contributed by atoms with Crippen molar-refractivity contribution in [2.45, 2.75) is 32.9 Å². The van der Waals surface area contributed by atoms with Crippen LogP contribution in [0.4, 0.5) is 13.2 Å². The van der Waals surface area contributed by atoms with E-state index in [1.54, 1.807) is 6.92 Å². The molecule has 0 amide bonds. The second kappa shape index (κ2) is 5.34.